The molecule has 74 valence electrons. The molecule has 4 nitrogen and oxygen atoms in total. The third-order valence-corrected chi connectivity index (χ3v) is 2.07. The Balaban J connectivity index is 4.64. The standard InChI is InChI=1S/C9H15NO3/c1-3-4-9(7-11,5-6-10)8(12)13-2/h11H,3-5,7H2,1-2H3/t9-/m0/s1. The Bertz CT molecular complexity index is 209. The molecule has 1 atom stereocenters. The average molecular weight is 185 g/mol. The van der Waals surface area contributed by atoms with Crippen molar-refractivity contribution in [2.24, 2.45) is 5.41 Å². The Morgan fingerprint density at radius 3 is 2.62 bits per heavy atom. The number of esters is 1. The van der Waals surface area contributed by atoms with Gasteiger partial charge in [-0.3, -0.25) is 4.79 Å². The predicted molar refractivity (Wildman–Crippen MR) is 46.7 cm³/mol. The summed E-state index contributed by atoms with van der Waals surface area (Å²) in [7, 11) is 1.26. The second-order valence-corrected chi connectivity index (χ2v) is 3.01. The zero-order valence-corrected chi connectivity index (χ0v) is 8.04. The fraction of sp³-hybridized carbons (Fsp3) is 0.778. The number of rotatable bonds is 5. The van der Waals surface area contributed by atoms with Crippen LogP contribution < -0.4 is 0 Å². The fourth-order valence-corrected chi connectivity index (χ4v) is 1.31. The van der Waals surface area contributed by atoms with E-state index in [2.05, 4.69) is 4.74 Å². The first-order valence-electron chi connectivity index (χ1n) is 4.23. The Morgan fingerprint density at radius 2 is 2.31 bits per heavy atom. The smallest absolute Gasteiger partial charge is 0.315 e. The molecule has 0 aliphatic heterocycles. The van der Waals surface area contributed by atoms with Crippen molar-refractivity contribution in [2.75, 3.05) is 13.7 Å². The van der Waals surface area contributed by atoms with Crippen LogP contribution in [-0.4, -0.2) is 24.8 Å². The fourth-order valence-electron chi connectivity index (χ4n) is 1.31. The molecule has 0 aromatic rings. The molecule has 13 heavy (non-hydrogen) atoms. The van der Waals surface area contributed by atoms with Gasteiger partial charge in [0.2, 0.25) is 0 Å². The number of ether oxygens (including phenoxy) is 1. The number of hydrogen-bond acceptors (Lipinski definition) is 4. The summed E-state index contributed by atoms with van der Waals surface area (Å²) in [6.07, 6.45) is 1.21. The van der Waals surface area contributed by atoms with Crippen LogP contribution in [0.4, 0.5) is 0 Å². The van der Waals surface area contributed by atoms with Crippen molar-refractivity contribution < 1.29 is 14.6 Å². The van der Waals surface area contributed by atoms with E-state index in [0.717, 1.165) is 6.42 Å². The molecular weight excluding hydrogens is 170 g/mol. The molecule has 0 aromatic heterocycles. The van der Waals surface area contributed by atoms with E-state index in [-0.39, 0.29) is 13.0 Å². The normalized spacial score (nSPS) is 14.3. The van der Waals surface area contributed by atoms with Crippen molar-refractivity contribution >= 4 is 5.97 Å². The molecule has 0 spiro atoms. The van der Waals surface area contributed by atoms with Gasteiger partial charge >= 0.3 is 5.97 Å². The maximum atomic E-state index is 11.3. The van der Waals surface area contributed by atoms with E-state index in [1.165, 1.54) is 7.11 Å². The minimum absolute atomic E-state index is 0.00398. The second-order valence-electron chi connectivity index (χ2n) is 3.01. The van der Waals surface area contributed by atoms with E-state index in [4.69, 9.17) is 10.4 Å². The maximum Gasteiger partial charge on any atom is 0.315 e. The topological polar surface area (TPSA) is 70.3 Å². The van der Waals surface area contributed by atoms with E-state index in [1.54, 1.807) is 0 Å². The molecule has 0 amide bonds. The predicted octanol–water partition coefficient (Wildman–Crippen LogP) is 0.852. The van der Waals surface area contributed by atoms with E-state index in [1.807, 2.05) is 13.0 Å². The minimum atomic E-state index is -1.02. The Kier molecular flexibility index (Phi) is 5.09. The number of aliphatic hydroxyl groups excluding tert-OH is 1. The zero-order chi connectivity index (χ0) is 10.3. The molecule has 0 rings (SSSR count). The molecule has 0 aliphatic carbocycles. The van der Waals surface area contributed by atoms with E-state index in [0.29, 0.717) is 6.42 Å². The zero-order valence-electron chi connectivity index (χ0n) is 8.04. The Morgan fingerprint density at radius 1 is 1.69 bits per heavy atom. The van der Waals surface area contributed by atoms with E-state index >= 15 is 0 Å². The largest absolute Gasteiger partial charge is 0.468 e. The summed E-state index contributed by atoms with van der Waals surface area (Å²) in [6.45, 7) is 1.56. The summed E-state index contributed by atoms with van der Waals surface area (Å²) in [5.74, 6) is -0.501. The highest BCUT2D eigenvalue weighted by molar-refractivity contribution is 5.77. The number of methoxy groups -OCH3 is 1. The number of nitriles is 1. The summed E-state index contributed by atoms with van der Waals surface area (Å²) in [5.41, 5.74) is -1.02. The van der Waals surface area contributed by atoms with Gasteiger partial charge < -0.3 is 9.84 Å². The molecule has 0 saturated heterocycles. The lowest BCUT2D eigenvalue weighted by Crippen LogP contribution is -2.35. The second kappa shape index (κ2) is 5.55. The molecular formula is C9H15NO3. The third-order valence-electron chi connectivity index (χ3n) is 2.07. The average Bonchev–Trinajstić information content (AvgIpc) is 2.16. The molecule has 0 fully saturated rings. The van der Waals surface area contributed by atoms with Crippen molar-refractivity contribution in [3.8, 4) is 6.07 Å². The van der Waals surface area contributed by atoms with Crippen LogP contribution in [0.15, 0.2) is 0 Å². The molecule has 0 radical (unpaired) electrons. The summed E-state index contributed by atoms with van der Waals surface area (Å²) in [5, 5.41) is 17.6. The molecule has 0 unspecified atom stereocenters. The van der Waals surface area contributed by atoms with Gasteiger partial charge in [-0.2, -0.15) is 5.26 Å². The molecule has 0 heterocycles. The number of carbonyl (C=O) groups is 1. The highest BCUT2D eigenvalue weighted by atomic mass is 16.5. The quantitative estimate of drug-likeness (QED) is 0.644. The van der Waals surface area contributed by atoms with Gasteiger partial charge in [0.15, 0.2) is 0 Å². The van der Waals surface area contributed by atoms with E-state index < -0.39 is 11.4 Å². The summed E-state index contributed by atoms with van der Waals surface area (Å²) in [4.78, 5) is 11.3. The van der Waals surface area contributed by atoms with Gasteiger partial charge in [0, 0.05) is 0 Å². The first kappa shape index (κ1) is 11.9. The van der Waals surface area contributed by atoms with Crippen LogP contribution in [0.1, 0.15) is 26.2 Å². The van der Waals surface area contributed by atoms with Gasteiger partial charge in [0.1, 0.15) is 5.41 Å². The van der Waals surface area contributed by atoms with Gasteiger partial charge in [0.25, 0.3) is 0 Å². The summed E-state index contributed by atoms with van der Waals surface area (Å²) in [6, 6.07) is 1.90. The first-order valence-corrected chi connectivity index (χ1v) is 4.23. The van der Waals surface area contributed by atoms with Crippen LogP contribution in [0.2, 0.25) is 0 Å². The molecule has 0 aliphatic rings. The van der Waals surface area contributed by atoms with Crippen LogP contribution in [0.25, 0.3) is 0 Å². The molecule has 0 aromatic carbocycles. The minimum Gasteiger partial charge on any atom is -0.468 e. The maximum absolute atomic E-state index is 11.3. The van der Waals surface area contributed by atoms with Gasteiger partial charge in [-0.05, 0) is 6.42 Å². The highest BCUT2D eigenvalue weighted by Crippen LogP contribution is 2.28. The lowest BCUT2D eigenvalue weighted by molar-refractivity contribution is -0.155. The molecule has 1 N–H and O–H groups in total. The number of carbonyl (C=O) groups excluding carboxylic acids is 1. The molecule has 0 saturated carbocycles. The first-order chi connectivity index (χ1) is 6.16. The van der Waals surface area contributed by atoms with Gasteiger partial charge in [-0.25, -0.2) is 0 Å². The van der Waals surface area contributed by atoms with Gasteiger partial charge in [0.05, 0.1) is 26.2 Å². The number of hydrogen-bond donors (Lipinski definition) is 1. The monoisotopic (exact) mass is 185 g/mol. The van der Waals surface area contributed by atoms with Crippen molar-refractivity contribution in [1.29, 1.82) is 5.26 Å². The summed E-state index contributed by atoms with van der Waals surface area (Å²) < 4.78 is 4.56. The van der Waals surface area contributed by atoms with E-state index in [9.17, 15) is 4.79 Å². The van der Waals surface area contributed by atoms with Crippen molar-refractivity contribution in [2.45, 2.75) is 26.2 Å². The highest BCUT2D eigenvalue weighted by Gasteiger charge is 2.38. The third kappa shape index (κ3) is 2.71. The van der Waals surface area contributed by atoms with Crippen LogP contribution >= 0.6 is 0 Å². The van der Waals surface area contributed by atoms with Crippen molar-refractivity contribution in [3.05, 3.63) is 0 Å². The van der Waals surface area contributed by atoms with Crippen molar-refractivity contribution in [3.63, 3.8) is 0 Å². The van der Waals surface area contributed by atoms with Crippen LogP contribution in [0.5, 0.6) is 0 Å². The van der Waals surface area contributed by atoms with Crippen LogP contribution in [0.3, 0.4) is 0 Å². The van der Waals surface area contributed by atoms with Crippen molar-refractivity contribution in [1.82, 2.24) is 0 Å². The van der Waals surface area contributed by atoms with Gasteiger partial charge in [-0.15, -0.1) is 0 Å². The Hall–Kier alpha value is -1.08. The summed E-state index contributed by atoms with van der Waals surface area (Å²) >= 11 is 0. The SMILES string of the molecule is CCC[C@@](CO)(CC#N)C(=O)OC. The lowest BCUT2D eigenvalue weighted by Gasteiger charge is -2.25. The molecule has 4 heteroatoms. The Labute approximate surface area is 78.1 Å². The number of nitrogens with zero attached hydrogens (tertiary/aromatic N) is 1. The van der Waals surface area contributed by atoms with Crippen LogP contribution in [-0.2, 0) is 9.53 Å². The molecule has 0 bridgehead atoms. The lowest BCUT2D eigenvalue weighted by atomic mass is 9.81. The number of aliphatic hydroxyl groups is 1. The van der Waals surface area contributed by atoms with Gasteiger partial charge in [-0.1, -0.05) is 13.3 Å². The van der Waals surface area contributed by atoms with Crippen LogP contribution in [0, 0.1) is 16.7 Å².